The van der Waals surface area contributed by atoms with Crippen molar-refractivity contribution in [2.24, 2.45) is 4.99 Å². The van der Waals surface area contributed by atoms with E-state index < -0.39 is 0 Å². The van der Waals surface area contributed by atoms with Gasteiger partial charge in [-0.2, -0.15) is 0 Å². The van der Waals surface area contributed by atoms with E-state index in [4.69, 9.17) is 4.74 Å². The number of rotatable bonds is 4. The van der Waals surface area contributed by atoms with E-state index in [1.54, 1.807) is 0 Å². The summed E-state index contributed by atoms with van der Waals surface area (Å²) in [5, 5.41) is 0. The largest absolute Gasteiger partial charge is 0.490 e. The van der Waals surface area contributed by atoms with Gasteiger partial charge in [-0.3, -0.25) is 0 Å². The Hall–Kier alpha value is -1.12. The van der Waals surface area contributed by atoms with Crippen LogP contribution in [0.1, 0.15) is 18.4 Å². The summed E-state index contributed by atoms with van der Waals surface area (Å²) < 4.78 is 6.66. The maximum absolute atomic E-state index is 10.1. The van der Waals surface area contributed by atoms with Crippen molar-refractivity contribution in [2.45, 2.75) is 25.5 Å². The van der Waals surface area contributed by atoms with E-state index in [0.717, 1.165) is 28.6 Å². The second-order valence-electron chi connectivity index (χ2n) is 3.48. The zero-order valence-corrected chi connectivity index (χ0v) is 9.66. The molecule has 1 aliphatic carbocycles. The molecule has 0 unspecified atom stereocenters. The zero-order chi connectivity index (χ0) is 10.7. The minimum Gasteiger partial charge on any atom is -0.490 e. The predicted octanol–water partition coefficient (Wildman–Crippen LogP) is 2.83. The highest BCUT2D eigenvalue weighted by Gasteiger charge is 2.24. The van der Waals surface area contributed by atoms with Crippen LogP contribution in [0.25, 0.3) is 0 Å². The Bertz CT molecular complexity index is 409. The van der Waals surface area contributed by atoms with Gasteiger partial charge in [0.05, 0.1) is 12.6 Å². The minimum atomic E-state index is 0.324. The van der Waals surface area contributed by atoms with Gasteiger partial charge < -0.3 is 4.74 Å². The monoisotopic (exact) mass is 267 g/mol. The number of carbonyl (C=O) groups excluding carboxylic acids is 1. The summed E-state index contributed by atoms with van der Waals surface area (Å²) in [7, 11) is 0. The number of ether oxygens (including phenoxy) is 1. The highest BCUT2D eigenvalue weighted by atomic mass is 79.9. The second kappa shape index (κ2) is 4.60. The Morgan fingerprint density at radius 3 is 3.00 bits per heavy atom. The summed E-state index contributed by atoms with van der Waals surface area (Å²) in [5.41, 5.74) is 0.916. The van der Waals surface area contributed by atoms with Gasteiger partial charge in [-0.05, 0) is 31.0 Å². The van der Waals surface area contributed by atoms with Crippen LogP contribution in [0, 0.1) is 0 Å². The number of halogens is 1. The molecule has 0 radical (unpaired) electrons. The molecule has 1 aliphatic rings. The van der Waals surface area contributed by atoms with E-state index in [2.05, 4.69) is 20.9 Å². The van der Waals surface area contributed by atoms with Gasteiger partial charge in [0.2, 0.25) is 6.08 Å². The highest BCUT2D eigenvalue weighted by Crippen LogP contribution is 2.31. The second-order valence-corrected chi connectivity index (χ2v) is 4.39. The first-order chi connectivity index (χ1) is 7.29. The van der Waals surface area contributed by atoms with Crippen molar-refractivity contribution >= 4 is 22.0 Å². The Labute approximate surface area is 96.3 Å². The summed E-state index contributed by atoms with van der Waals surface area (Å²) in [5.74, 6) is 0.819. The SMILES string of the molecule is O=C=NCc1cc(Br)ccc1OC1CC1. The highest BCUT2D eigenvalue weighted by molar-refractivity contribution is 9.10. The number of hydrogen-bond acceptors (Lipinski definition) is 3. The van der Waals surface area contributed by atoms with Crippen molar-refractivity contribution in [3.63, 3.8) is 0 Å². The fraction of sp³-hybridized carbons (Fsp3) is 0.364. The molecule has 0 N–H and O–H groups in total. The molecule has 1 aromatic carbocycles. The molecule has 2 rings (SSSR count). The number of benzene rings is 1. The average Bonchev–Trinajstić information content (AvgIpc) is 3.02. The van der Waals surface area contributed by atoms with E-state index in [9.17, 15) is 4.79 Å². The van der Waals surface area contributed by atoms with Crippen LogP contribution in [0.2, 0.25) is 0 Å². The lowest BCUT2D eigenvalue weighted by molar-refractivity contribution is 0.300. The minimum absolute atomic E-state index is 0.324. The third kappa shape index (κ3) is 2.91. The molecule has 0 saturated heterocycles. The van der Waals surface area contributed by atoms with Gasteiger partial charge in [0.15, 0.2) is 0 Å². The molecular weight excluding hydrogens is 258 g/mol. The molecular formula is C11H10BrNO2. The molecule has 1 saturated carbocycles. The molecule has 4 heteroatoms. The van der Waals surface area contributed by atoms with E-state index >= 15 is 0 Å². The summed E-state index contributed by atoms with van der Waals surface area (Å²) in [6.45, 7) is 0.324. The van der Waals surface area contributed by atoms with Crippen LogP contribution in [-0.2, 0) is 11.3 Å². The lowest BCUT2D eigenvalue weighted by Crippen LogP contribution is -1.99. The van der Waals surface area contributed by atoms with Crippen molar-refractivity contribution in [3.05, 3.63) is 28.2 Å². The van der Waals surface area contributed by atoms with Crippen molar-refractivity contribution in [1.29, 1.82) is 0 Å². The first-order valence-electron chi connectivity index (χ1n) is 4.78. The van der Waals surface area contributed by atoms with Crippen LogP contribution in [0.15, 0.2) is 27.7 Å². The fourth-order valence-corrected chi connectivity index (χ4v) is 1.68. The summed E-state index contributed by atoms with van der Waals surface area (Å²) >= 11 is 3.37. The van der Waals surface area contributed by atoms with Crippen LogP contribution in [0.4, 0.5) is 0 Å². The number of nitrogens with zero attached hydrogens (tertiary/aromatic N) is 1. The molecule has 0 bridgehead atoms. The summed E-state index contributed by atoms with van der Waals surface area (Å²) in [6, 6.07) is 5.74. The maximum atomic E-state index is 10.1. The normalized spacial score (nSPS) is 14.5. The standard InChI is InChI=1S/C11H10BrNO2/c12-9-1-4-11(15-10-2-3-10)8(5-9)6-13-7-14/h1,4-5,10H,2-3,6H2. The molecule has 15 heavy (non-hydrogen) atoms. The molecule has 1 aromatic rings. The van der Waals surface area contributed by atoms with Crippen LogP contribution in [0.5, 0.6) is 5.75 Å². The van der Waals surface area contributed by atoms with Gasteiger partial charge in [-0.15, -0.1) is 0 Å². The average molecular weight is 268 g/mol. The quantitative estimate of drug-likeness (QED) is 0.622. The first kappa shape index (κ1) is 10.4. The maximum Gasteiger partial charge on any atom is 0.235 e. The molecule has 78 valence electrons. The molecule has 0 heterocycles. The number of isocyanates is 1. The van der Waals surface area contributed by atoms with Crippen molar-refractivity contribution in [2.75, 3.05) is 0 Å². The third-order valence-electron chi connectivity index (χ3n) is 2.15. The molecule has 0 aliphatic heterocycles. The Morgan fingerprint density at radius 2 is 2.33 bits per heavy atom. The third-order valence-corrected chi connectivity index (χ3v) is 2.65. The zero-order valence-electron chi connectivity index (χ0n) is 8.07. The van der Waals surface area contributed by atoms with Gasteiger partial charge >= 0.3 is 0 Å². The van der Waals surface area contributed by atoms with Crippen LogP contribution in [0.3, 0.4) is 0 Å². The van der Waals surface area contributed by atoms with Gasteiger partial charge in [-0.1, -0.05) is 15.9 Å². The lowest BCUT2D eigenvalue weighted by Gasteiger charge is -2.09. The van der Waals surface area contributed by atoms with Gasteiger partial charge in [0.1, 0.15) is 5.75 Å². The van der Waals surface area contributed by atoms with E-state index in [0.29, 0.717) is 12.6 Å². The van der Waals surface area contributed by atoms with Crippen molar-refractivity contribution < 1.29 is 9.53 Å². The topological polar surface area (TPSA) is 38.7 Å². The molecule has 0 atom stereocenters. The molecule has 0 amide bonds. The molecule has 0 aromatic heterocycles. The lowest BCUT2D eigenvalue weighted by atomic mass is 10.2. The Balaban J connectivity index is 2.20. The van der Waals surface area contributed by atoms with Crippen LogP contribution < -0.4 is 4.74 Å². The van der Waals surface area contributed by atoms with E-state index in [1.807, 2.05) is 18.2 Å². The van der Waals surface area contributed by atoms with Crippen molar-refractivity contribution in [1.82, 2.24) is 0 Å². The molecule has 1 fully saturated rings. The fourth-order valence-electron chi connectivity index (χ4n) is 1.27. The molecule has 0 spiro atoms. The number of aliphatic imine (C=N–C) groups is 1. The predicted molar refractivity (Wildman–Crippen MR) is 59.6 cm³/mol. The first-order valence-corrected chi connectivity index (χ1v) is 5.57. The van der Waals surface area contributed by atoms with Crippen LogP contribution >= 0.6 is 15.9 Å². The van der Waals surface area contributed by atoms with Gasteiger partial charge in [0, 0.05) is 10.0 Å². The summed E-state index contributed by atoms with van der Waals surface area (Å²) in [6.07, 6.45) is 4.12. The van der Waals surface area contributed by atoms with Gasteiger partial charge in [0.25, 0.3) is 0 Å². The smallest absolute Gasteiger partial charge is 0.235 e. The van der Waals surface area contributed by atoms with Crippen molar-refractivity contribution in [3.8, 4) is 5.75 Å². The Kier molecular flexibility index (Phi) is 3.19. The van der Waals surface area contributed by atoms with Crippen LogP contribution in [-0.4, -0.2) is 12.2 Å². The summed E-state index contributed by atoms with van der Waals surface area (Å²) in [4.78, 5) is 13.6. The van der Waals surface area contributed by atoms with E-state index in [-0.39, 0.29) is 0 Å². The number of hydrogen-bond donors (Lipinski definition) is 0. The van der Waals surface area contributed by atoms with Gasteiger partial charge in [-0.25, -0.2) is 9.79 Å². The van der Waals surface area contributed by atoms with E-state index in [1.165, 1.54) is 6.08 Å². The molecule has 3 nitrogen and oxygen atoms in total. The Morgan fingerprint density at radius 1 is 1.53 bits per heavy atom.